The van der Waals surface area contributed by atoms with Gasteiger partial charge in [-0.2, -0.15) is 0 Å². The molecule has 2 bridgehead atoms. The summed E-state index contributed by atoms with van der Waals surface area (Å²) in [5.41, 5.74) is -0.715. The first-order valence-corrected chi connectivity index (χ1v) is 6.09. The van der Waals surface area contributed by atoms with Crippen molar-refractivity contribution in [3.05, 3.63) is 0 Å². The Hall–Kier alpha value is -1.33. The second-order valence-corrected chi connectivity index (χ2v) is 5.99. The summed E-state index contributed by atoms with van der Waals surface area (Å²) >= 11 is 0. The zero-order valence-electron chi connectivity index (χ0n) is 10.7. The third-order valence-electron chi connectivity index (χ3n) is 3.45. The van der Waals surface area contributed by atoms with E-state index < -0.39 is 35.9 Å². The van der Waals surface area contributed by atoms with Gasteiger partial charge in [-0.1, -0.05) is 0 Å². The van der Waals surface area contributed by atoms with Gasteiger partial charge in [-0.3, -0.25) is 4.90 Å². The third-order valence-corrected chi connectivity index (χ3v) is 3.45. The summed E-state index contributed by atoms with van der Waals surface area (Å²) in [4.78, 5) is 24.3. The van der Waals surface area contributed by atoms with Crippen molar-refractivity contribution < 1.29 is 23.8 Å². The van der Waals surface area contributed by atoms with Gasteiger partial charge in [0, 0.05) is 0 Å². The molecule has 2 aliphatic rings. The van der Waals surface area contributed by atoms with Gasteiger partial charge in [-0.25, -0.2) is 14.0 Å². The van der Waals surface area contributed by atoms with E-state index in [1.165, 1.54) is 0 Å². The number of carbonyl (C=O) groups is 2. The van der Waals surface area contributed by atoms with Crippen molar-refractivity contribution in [2.45, 2.75) is 57.5 Å². The van der Waals surface area contributed by atoms with Crippen LogP contribution in [0.5, 0.6) is 0 Å². The second-order valence-electron chi connectivity index (χ2n) is 5.99. The zero-order chi connectivity index (χ0) is 13.7. The molecule has 0 aromatic carbocycles. The van der Waals surface area contributed by atoms with E-state index in [2.05, 4.69) is 0 Å². The van der Waals surface area contributed by atoms with Crippen LogP contribution < -0.4 is 0 Å². The summed E-state index contributed by atoms with van der Waals surface area (Å²) in [6, 6.07) is -1.59. The number of aliphatic carboxylic acids is 1. The maximum atomic E-state index is 13.7. The number of rotatable bonds is 1. The highest BCUT2D eigenvalue weighted by atomic mass is 19.1. The number of carbonyl (C=O) groups excluding carboxylic acids is 1. The van der Waals surface area contributed by atoms with Crippen LogP contribution >= 0.6 is 0 Å². The summed E-state index contributed by atoms with van der Waals surface area (Å²) in [6.45, 7) is 5.09. The Kier molecular flexibility index (Phi) is 2.99. The van der Waals surface area contributed by atoms with Crippen LogP contribution in [0.15, 0.2) is 0 Å². The number of alkyl halides is 1. The smallest absolute Gasteiger partial charge is 0.411 e. The molecule has 0 aromatic rings. The number of amides is 1. The zero-order valence-corrected chi connectivity index (χ0v) is 10.7. The molecule has 2 fully saturated rings. The van der Waals surface area contributed by atoms with Crippen LogP contribution in [0.1, 0.15) is 33.6 Å². The molecule has 1 heterocycles. The molecule has 1 saturated heterocycles. The van der Waals surface area contributed by atoms with Crippen molar-refractivity contribution >= 4 is 12.1 Å². The van der Waals surface area contributed by atoms with Gasteiger partial charge in [0.1, 0.15) is 17.8 Å². The first kappa shape index (κ1) is 13.1. The van der Waals surface area contributed by atoms with E-state index in [1.807, 2.05) is 0 Å². The van der Waals surface area contributed by atoms with Gasteiger partial charge in [0.05, 0.1) is 6.04 Å². The first-order chi connectivity index (χ1) is 8.20. The molecular formula is C12H18FNO4. The predicted molar refractivity (Wildman–Crippen MR) is 60.9 cm³/mol. The number of fused-ring (bicyclic) bond motifs is 2. The largest absolute Gasteiger partial charge is 0.480 e. The minimum atomic E-state index is -1.14. The predicted octanol–water partition coefficient (Wildman–Crippen LogP) is 1.81. The van der Waals surface area contributed by atoms with E-state index in [9.17, 15) is 14.0 Å². The van der Waals surface area contributed by atoms with E-state index in [0.29, 0.717) is 6.42 Å². The molecule has 18 heavy (non-hydrogen) atoms. The minimum Gasteiger partial charge on any atom is -0.480 e. The van der Waals surface area contributed by atoms with Crippen molar-refractivity contribution in [1.29, 1.82) is 0 Å². The van der Waals surface area contributed by atoms with Gasteiger partial charge in [0.25, 0.3) is 0 Å². The summed E-state index contributed by atoms with van der Waals surface area (Å²) in [7, 11) is 0. The maximum absolute atomic E-state index is 13.7. The Morgan fingerprint density at radius 1 is 1.33 bits per heavy atom. The van der Waals surface area contributed by atoms with Crippen LogP contribution in [0, 0.1) is 5.92 Å². The van der Waals surface area contributed by atoms with E-state index in [4.69, 9.17) is 9.84 Å². The summed E-state index contributed by atoms with van der Waals surface area (Å²) in [5.74, 6) is -1.38. The Balaban J connectivity index is 2.19. The Labute approximate surface area is 105 Å². The number of carboxylic acids is 1. The van der Waals surface area contributed by atoms with Gasteiger partial charge in [0.2, 0.25) is 0 Å². The summed E-state index contributed by atoms with van der Waals surface area (Å²) < 4.78 is 18.8. The standard InChI is InChI=1S/C12H18FNO4/c1-12(2,3)18-11(17)14-8-5-6(4-7(8)13)9(14)10(15)16/h6-9H,4-5H2,1-3H3,(H,15,16)/t6-,7?,8-,9?/m1/s1. The summed E-state index contributed by atoms with van der Waals surface area (Å²) in [6.07, 6.45) is -1.24. The third kappa shape index (κ3) is 2.15. The highest BCUT2D eigenvalue weighted by molar-refractivity contribution is 5.82. The average Bonchev–Trinajstić information content (AvgIpc) is 2.69. The molecule has 1 saturated carbocycles. The maximum Gasteiger partial charge on any atom is 0.411 e. The molecule has 2 unspecified atom stereocenters. The molecule has 1 aliphatic heterocycles. The lowest BCUT2D eigenvalue weighted by Crippen LogP contribution is -2.53. The highest BCUT2D eigenvalue weighted by Gasteiger charge is 2.57. The highest BCUT2D eigenvalue weighted by Crippen LogP contribution is 2.44. The Morgan fingerprint density at radius 3 is 2.44 bits per heavy atom. The monoisotopic (exact) mass is 259 g/mol. The number of ether oxygens (including phenoxy) is 1. The normalized spacial score (nSPS) is 34.8. The van der Waals surface area contributed by atoms with Gasteiger partial charge >= 0.3 is 12.1 Å². The molecule has 2 rings (SSSR count). The van der Waals surface area contributed by atoms with Gasteiger partial charge in [0.15, 0.2) is 0 Å². The van der Waals surface area contributed by atoms with Crippen LogP contribution in [0.2, 0.25) is 0 Å². The number of nitrogens with zero attached hydrogens (tertiary/aromatic N) is 1. The average molecular weight is 259 g/mol. The fraction of sp³-hybridized carbons (Fsp3) is 0.833. The lowest BCUT2D eigenvalue weighted by atomic mass is 9.98. The van der Waals surface area contributed by atoms with Gasteiger partial charge in [-0.05, 0) is 39.5 Å². The molecule has 4 atom stereocenters. The van der Waals surface area contributed by atoms with E-state index in [0.717, 1.165) is 4.90 Å². The topological polar surface area (TPSA) is 66.8 Å². The van der Waals surface area contributed by atoms with Crippen molar-refractivity contribution in [2.75, 3.05) is 0 Å². The Bertz CT molecular complexity index is 379. The molecule has 1 aliphatic carbocycles. The molecule has 0 radical (unpaired) electrons. The van der Waals surface area contributed by atoms with Crippen molar-refractivity contribution in [2.24, 2.45) is 5.92 Å². The minimum absolute atomic E-state index is 0.223. The van der Waals surface area contributed by atoms with Crippen LogP contribution in [0.3, 0.4) is 0 Å². The SMILES string of the molecule is CC(C)(C)OC(=O)N1C(C(=O)O)[C@@H]2CC(F)[C@H]1C2. The number of carboxylic acid groups (broad SMARTS) is 1. The number of hydrogen-bond donors (Lipinski definition) is 1. The fourth-order valence-corrected chi connectivity index (χ4v) is 2.86. The van der Waals surface area contributed by atoms with E-state index >= 15 is 0 Å². The van der Waals surface area contributed by atoms with Crippen molar-refractivity contribution in [3.63, 3.8) is 0 Å². The lowest BCUT2D eigenvalue weighted by Gasteiger charge is -2.35. The number of likely N-dealkylation sites (tertiary alicyclic amines) is 1. The van der Waals surface area contributed by atoms with Crippen LogP contribution in [-0.2, 0) is 9.53 Å². The quantitative estimate of drug-likeness (QED) is 0.779. The van der Waals surface area contributed by atoms with Gasteiger partial charge < -0.3 is 9.84 Å². The molecule has 1 N–H and O–H groups in total. The van der Waals surface area contributed by atoms with Crippen molar-refractivity contribution in [3.8, 4) is 0 Å². The molecule has 0 aromatic heterocycles. The Morgan fingerprint density at radius 2 is 1.94 bits per heavy atom. The molecule has 1 amide bonds. The second kappa shape index (κ2) is 4.10. The number of piperidine rings is 1. The summed E-state index contributed by atoms with van der Waals surface area (Å²) in [5, 5.41) is 9.17. The molecule has 6 heteroatoms. The number of hydrogen-bond acceptors (Lipinski definition) is 3. The van der Waals surface area contributed by atoms with Crippen LogP contribution in [0.25, 0.3) is 0 Å². The number of halogens is 1. The fourth-order valence-electron chi connectivity index (χ4n) is 2.86. The first-order valence-electron chi connectivity index (χ1n) is 6.09. The molecule has 0 spiro atoms. The molecular weight excluding hydrogens is 241 g/mol. The van der Waals surface area contributed by atoms with Gasteiger partial charge in [-0.15, -0.1) is 0 Å². The van der Waals surface area contributed by atoms with E-state index in [-0.39, 0.29) is 12.3 Å². The van der Waals surface area contributed by atoms with Crippen LogP contribution in [-0.4, -0.2) is 45.9 Å². The van der Waals surface area contributed by atoms with E-state index in [1.54, 1.807) is 20.8 Å². The molecule has 5 nitrogen and oxygen atoms in total. The van der Waals surface area contributed by atoms with Crippen molar-refractivity contribution in [1.82, 2.24) is 4.90 Å². The molecule has 102 valence electrons. The lowest BCUT2D eigenvalue weighted by molar-refractivity contribution is -0.145. The van der Waals surface area contributed by atoms with Crippen LogP contribution in [0.4, 0.5) is 9.18 Å².